The summed E-state index contributed by atoms with van der Waals surface area (Å²) in [7, 11) is 1.81. The van der Waals surface area contributed by atoms with Gasteiger partial charge in [-0.05, 0) is 12.1 Å². The van der Waals surface area contributed by atoms with Crippen LogP contribution < -0.4 is 10.1 Å². The molecule has 4 aromatic heterocycles. The predicted molar refractivity (Wildman–Crippen MR) is 128 cm³/mol. The number of benzene rings is 1. The zero-order valence-electron chi connectivity index (χ0n) is 19.6. The maximum atomic E-state index is 14.4. The van der Waals surface area contributed by atoms with Gasteiger partial charge in [0.05, 0.1) is 12.1 Å². The third-order valence-electron chi connectivity index (χ3n) is 6.02. The Bertz CT molecular complexity index is 1590. The molecule has 1 atom stereocenters. The van der Waals surface area contributed by atoms with Crippen LogP contribution in [0.5, 0.6) is 5.75 Å². The number of aryl methyl sites for hydroxylation is 1. The number of aromatic nitrogens is 8. The van der Waals surface area contributed by atoms with Crippen LogP contribution in [-0.2, 0) is 13.6 Å². The molecule has 188 valence electrons. The Balaban J connectivity index is 1.29. The van der Waals surface area contributed by atoms with Gasteiger partial charge in [0.1, 0.15) is 59.5 Å². The van der Waals surface area contributed by atoms with Crippen LogP contribution in [0.4, 0.5) is 14.6 Å². The summed E-state index contributed by atoms with van der Waals surface area (Å²) in [5.74, 6) is 1.11. The van der Waals surface area contributed by atoms with Crippen LogP contribution in [0.2, 0.25) is 0 Å². The van der Waals surface area contributed by atoms with Crippen LogP contribution in [0, 0.1) is 11.6 Å². The Morgan fingerprint density at radius 3 is 2.86 bits per heavy atom. The Morgan fingerprint density at radius 2 is 2.05 bits per heavy atom. The zero-order chi connectivity index (χ0) is 25.5. The lowest BCUT2D eigenvalue weighted by molar-refractivity contribution is 0.178. The molecule has 5 heterocycles. The number of fused-ring (bicyclic) bond motifs is 3. The number of nitrogens with zero attached hydrogens (tertiary/aromatic N) is 8. The third kappa shape index (κ3) is 4.18. The summed E-state index contributed by atoms with van der Waals surface area (Å²) in [4.78, 5) is 17.6. The highest BCUT2D eigenvalue weighted by molar-refractivity contribution is 5.69. The van der Waals surface area contributed by atoms with Gasteiger partial charge in [-0.1, -0.05) is 0 Å². The summed E-state index contributed by atoms with van der Waals surface area (Å²) in [6, 6.07) is 5.01. The number of hydrogen-bond acceptors (Lipinski definition) is 8. The third-order valence-corrected chi connectivity index (χ3v) is 6.02. The number of nitrogens with one attached hydrogen (secondary N) is 1. The summed E-state index contributed by atoms with van der Waals surface area (Å²) >= 11 is 0. The summed E-state index contributed by atoms with van der Waals surface area (Å²) in [6.45, 7) is 1.11. The first-order valence-electron chi connectivity index (χ1n) is 11.4. The molecule has 1 aromatic carbocycles. The molecule has 5 aromatic rings. The Kier molecular flexibility index (Phi) is 5.60. The van der Waals surface area contributed by atoms with E-state index in [2.05, 4.69) is 25.4 Å². The molecule has 0 amide bonds. The van der Waals surface area contributed by atoms with Crippen molar-refractivity contribution in [1.82, 2.24) is 38.9 Å². The Morgan fingerprint density at radius 1 is 1.16 bits per heavy atom. The van der Waals surface area contributed by atoms with Crippen LogP contribution >= 0.6 is 0 Å². The summed E-state index contributed by atoms with van der Waals surface area (Å²) in [5.41, 5.74) is 1.19. The first kappa shape index (κ1) is 22.8. The number of rotatable bonds is 6. The van der Waals surface area contributed by atoms with Gasteiger partial charge >= 0.3 is 0 Å². The lowest BCUT2D eigenvalue weighted by atomic mass is 10.2. The standard InChI is InChI=1S/C24H21F2N9O2/c1-33-5-4-27-24(33)19(36)11-29-21-9-20-15(10-28-21)22-32-17(12-34(22)6-7-37-20)23-30-13-31-35(23)18-3-2-14(25)8-16(18)26/h2-5,8-10,12-13,19,36H,6-7,11H2,1H3,(H,28,29). The largest absolute Gasteiger partial charge is 0.491 e. The molecule has 0 saturated heterocycles. The predicted octanol–water partition coefficient (Wildman–Crippen LogP) is 2.74. The van der Waals surface area contributed by atoms with Crippen molar-refractivity contribution in [3.8, 4) is 34.3 Å². The number of ether oxygens (including phenoxy) is 1. The van der Waals surface area contributed by atoms with E-state index in [0.717, 1.165) is 12.1 Å². The summed E-state index contributed by atoms with van der Waals surface area (Å²) in [5, 5.41) is 17.6. The molecule has 0 saturated carbocycles. The quantitative estimate of drug-likeness (QED) is 0.362. The zero-order valence-corrected chi connectivity index (χ0v) is 19.6. The van der Waals surface area contributed by atoms with Gasteiger partial charge in [0.2, 0.25) is 0 Å². The highest BCUT2D eigenvalue weighted by atomic mass is 19.1. The summed E-state index contributed by atoms with van der Waals surface area (Å²) < 4.78 is 38.7. The Hall–Kier alpha value is -4.65. The maximum absolute atomic E-state index is 14.4. The van der Waals surface area contributed by atoms with Crippen LogP contribution in [0.15, 0.2) is 55.4 Å². The minimum absolute atomic E-state index is 0.0611. The number of hydrogen-bond donors (Lipinski definition) is 2. The SMILES string of the molecule is Cn1ccnc1C(O)CNc1cc2c(cn1)-c1nc(-c3ncnn3-c3ccc(F)cc3F)cn1CCO2. The van der Waals surface area contributed by atoms with Crippen LogP contribution in [-0.4, -0.2) is 57.1 Å². The van der Waals surface area contributed by atoms with E-state index in [1.807, 2.05) is 11.6 Å². The van der Waals surface area contributed by atoms with Crippen molar-refractivity contribution >= 4 is 5.82 Å². The first-order chi connectivity index (χ1) is 18.0. The van der Waals surface area contributed by atoms with Gasteiger partial charge in [-0.2, -0.15) is 5.10 Å². The molecule has 0 fully saturated rings. The number of aliphatic hydroxyl groups is 1. The topological polar surface area (TPSA) is 121 Å². The molecule has 0 aliphatic carbocycles. The molecule has 0 spiro atoms. The van der Waals surface area contributed by atoms with E-state index in [1.54, 1.807) is 35.4 Å². The van der Waals surface area contributed by atoms with Gasteiger partial charge in [-0.3, -0.25) is 0 Å². The fraction of sp³-hybridized carbons (Fsp3) is 0.208. The van der Waals surface area contributed by atoms with E-state index in [-0.39, 0.29) is 12.2 Å². The van der Waals surface area contributed by atoms with E-state index in [1.165, 1.54) is 17.1 Å². The lowest BCUT2D eigenvalue weighted by Crippen LogP contribution is -2.16. The minimum Gasteiger partial charge on any atom is -0.491 e. The first-order valence-corrected chi connectivity index (χ1v) is 11.4. The molecule has 1 aliphatic heterocycles. The average molecular weight is 505 g/mol. The van der Waals surface area contributed by atoms with Crippen molar-refractivity contribution in [2.24, 2.45) is 7.05 Å². The molecule has 1 unspecified atom stereocenters. The van der Waals surface area contributed by atoms with Crippen LogP contribution in [0.3, 0.4) is 0 Å². The van der Waals surface area contributed by atoms with Crippen LogP contribution in [0.25, 0.3) is 28.6 Å². The van der Waals surface area contributed by atoms with E-state index in [4.69, 9.17) is 9.72 Å². The minimum atomic E-state index is -0.814. The van der Waals surface area contributed by atoms with Crippen molar-refractivity contribution in [3.63, 3.8) is 0 Å². The molecule has 6 rings (SSSR count). The van der Waals surface area contributed by atoms with Crippen molar-refractivity contribution in [1.29, 1.82) is 0 Å². The van der Waals surface area contributed by atoms with E-state index in [0.29, 0.717) is 53.4 Å². The van der Waals surface area contributed by atoms with Gasteiger partial charge in [-0.15, -0.1) is 0 Å². The van der Waals surface area contributed by atoms with Gasteiger partial charge in [-0.25, -0.2) is 33.4 Å². The highest BCUT2D eigenvalue weighted by Gasteiger charge is 2.23. The molecule has 37 heavy (non-hydrogen) atoms. The van der Waals surface area contributed by atoms with E-state index < -0.39 is 17.7 Å². The number of imidazole rings is 2. The molecular weight excluding hydrogens is 484 g/mol. The van der Waals surface area contributed by atoms with Gasteiger partial charge in [0, 0.05) is 50.5 Å². The highest BCUT2D eigenvalue weighted by Crippen LogP contribution is 2.35. The number of anilines is 1. The second kappa shape index (κ2) is 9.09. The number of aliphatic hydroxyl groups excluding tert-OH is 1. The van der Waals surface area contributed by atoms with Crippen LogP contribution in [0.1, 0.15) is 11.9 Å². The average Bonchev–Trinajstić information content (AvgIpc) is 3.61. The van der Waals surface area contributed by atoms with E-state index in [9.17, 15) is 13.9 Å². The van der Waals surface area contributed by atoms with Crippen molar-refractivity contribution in [3.05, 3.63) is 72.8 Å². The molecule has 13 heteroatoms. The molecule has 2 N–H and O–H groups in total. The normalized spacial score (nSPS) is 13.4. The monoisotopic (exact) mass is 505 g/mol. The van der Waals surface area contributed by atoms with Crippen molar-refractivity contribution < 1.29 is 18.6 Å². The maximum Gasteiger partial charge on any atom is 0.183 e. The second-order valence-electron chi connectivity index (χ2n) is 8.44. The fourth-order valence-corrected chi connectivity index (χ4v) is 4.22. The Labute approximate surface area is 209 Å². The molecule has 0 bridgehead atoms. The second-order valence-corrected chi connectivity index (χ2v) is 8.44. The smallest absolute Gasteiger partial charge is 0.183 e. The number of pyridine rings is 1. The molecule has 1 aliphatic rings. The van der Waals surface area contributed by atoms with E-state index >= 15 is 0 Å². The van der Waals surface area contributed by atoms with Crippen molar-refractivity contribution in [2.45, 2.75) is 12.6 Å². The van der Waals surface area contributed by atoms with Gasteiger partial charge in [0.15, 0.2) is 11.6 Å². The molecule has 11 nitrogen and oxygen atoms in total. The molecular formula is C24H21F2N9O2. The summed E-state index contributed by atoms with van der Waals surface area (Å²) in [6.07, 6.45) is 7.29. The van der Waals surface area contributed by atoms with Gasteiger partial charge < -0.3 is 24.3 Å². The number of halogens is 2. The molecule has 0 radical (unpaired) electrons. The van der Waals surface area contributed by atoms with Gasteiger partial charge in [0.25, 0.3) is 0 Å². The lowest BCUT2D eigenvalue weighted by Gasteiger charge is -2.13. The fourth-order valence-electron chi connectivity index (χ4n) is 4.22. The van der Waals surface area contributed by atoms with Crippen molar-refractivity contribution in [2.75, 3.05) is 18.5 Å².